The molecule has 0 atom stereocenters. The fourth-order valence-electron chi connectivity index (χ4n) is 1.82. The Balaban J connectivity index is 2.21. The number of nitrogen functional groups attached to an aromatic ring is 1. The van der Waals surface area contributed by atoms with E-state index in [1.54, 1.807) is 56.7 Å². The van der Waals surface area contributed by atoms with E-state index in [1.807, 2.05) is 0 Å². The van der Waals surface area contributed by atoms with Gasteiger partial charge in [-0.05, 0) is 36.4 Å². The molecule has 0 saturated carbocycles. The number of hydrazine groups is 1. The van der Waals surface area contributed by atoms with Crippen molar-refractivity contribution in [3.05, 3.63) is 48.0 Å². The van der Waals surface area contributed by atoms with Gasteiger partial charge in [-0.25, -0.2) is 0 Å². The molecule has 0 radical (unpaired) electrons. The van der Waals surface area contributed by atoms with Crippen molar-refractivity contribution >= 4 is 17.3 Å². The third-order valence-corrected chi connectivity index (χ3v) is 2.97. The van der Waals surface area contributed by atoms with Gasteiger partial charge in [0.05, 0.1) is 19.9 Å². The minimum atomic E-state index is -0.245. The highest BCUT2D eigenvalue weighted by atomic mass is 16.5. The van der Waals surface area contributed by atoms with Crippen molar-refractivity contribution in [2.24, 2.45) is 5.84 Å². The van der Waals surface area contributed by atoms with Crippen molar-refractivity contribution in [2.45, 2.75) is 0 Å². The number of anilines is 2. The van der Waals surface area contributed by atoms with Crippen LogP contribution < -0.4 is 26.1 Å². The number of nitrogens with one attached hydrogen (secondary N) is 2. The first-order valence-electron chi connectivity index (χ1n) is 6.28. The molecule has 0 spiro atoms. The second-order valence-electron chi connectivity index (χ2n) is 4.24. The predicted octanol–water partition coefficient (Wildman–Crippen LogP) is 2.24. The average Bonchev–Trinajstić information content (AvgIpc) is 2.54. The minimum absolute atomic E-state index is 0.245. The number of carbonyl (C=O) groups excluding carboxylic acids is 1. The van der Waals surface area contributed by atoms with Gasteiger partial charge in [-0.2, -0.15) is 0 Å². The highest BCUT2D eigenvalue weighted by molar-refractivity contribution is 6.05. The van der Waals surface area contributed by atoms with Gasteiger partial charge in [-0.1, -0.05) is 0 Å². The lowest BCUT2D eigenvalue weighted by atomic mass is 10.2. The van der Waals surface area contributed by atoms with E-state index in [-0.39, 0.29) is 5.91 Å². The van der Waals surface area contributed by atoms with E-state index in [2.05, 4.69) is 10.7 Å². The lowest BCUT2D eigenvalue weighted by Crippen LogP contribution is -2.13. The number of amides is 1. The maximum absolute atomic E-state index is 12.2. The number of hydrogen-bond acceptors (Lipinski definition) is 5. The summed E-state index contributed by atoms with van der Waals surface area (Å²) in [5.74, 6) is 6.24. The molecule has 2 aromatic rings. The number of benzene rings is 2. The lowest BCUT2D eigenvalue weighted by molar-refractivity contribution is 0.102. The van der Waals surface area contributed by atoms with Crippen LogP contribution in [-0.2, 0) is 0 Å². The maximum Gasteiger partial charge on any atom is 0.255 e. The average molecular weight is 287 g/mol. The zero-order valence-corrected chi connectivity index (χ0v) is 11.8. The molecule has 0 aliphatic carbocycles. The summed E-state index contributed by atoms with van der Waals surface area (Å²) in [5, 5.41) is 2.79. The summed E-state index contributed by atoms with van der Waals surface area (Å²) in [6.07, 6.45) is 0. The topological polar surface area (TPSA) is 85.6 Å². The molecular weight excluding hydrogens is 270 g/mol. The molecule has 2 aromatic carbocycles. The number of ether oxygens (including phenoxy) is 2. The zero-order chi connectivity index (χ0) is 15.2. The van der Waals surface area contributed by atoms with E-state index in [9.17, 15) is 4.79 Å². The number of carbonyl (C=O) groups is 1. The third-order valence-electron chi connectivity index (χ3n) is 2.97. The van der Waals surface area contributed by atoms with Crippen molar-refractivity contribution in [3.63, 3.8) is 0 Å². The molecule has 4 N–H and O–H groups in total. The van der Waals surface area contributed by atoms with Gasteiger partial charge in [0.2, 0.25) is 0 Å². The van der Waals surface area contributed by atoms with Crippen molar-refractivity contribution in [2.75, 3.05) is 25.0 Å². The van der Waals surface area contributed by atoms with Gasteiger partial charge in [0.25, 0.3) is 5.91 Å². The Kier molecular flexibility index (Phi) is 4.63. The van der Waals surface area contributed by atoms with Crippen LogP contribution in [0.2, 0.25) is 0 Å². The number of rotatable bonds is 5. The van der Waals surface area contributed by atoms with Crippen molar-refractivity contribution < 1.29 is 14.3 Å². The zero-order valence-electron chi connectivity index (χ0n) is 11.8. The summed E-state index contributed by atoms with van der Waals surface area (Å²) in [6, 6.07) is 12.0. The van der Waals surface area contributed by atoms with Gasteiger partial charge >= 0.3 is 0 Å². The highest BCUT2D eigenvalue weighted by Gasteiger charge is 2.11. The van der Waals surface area contributed by atoms with Gasteiger partial charge in [-0.15, -0.1) is 0 Å². The Labute approximate surface area is 122 Å². The molecule has 6 heteroatoms. The normalized spacial score (nSPS) is 9.86. The van der Waals surface area contributed by atoms with E-state index in [1.165, 1.54) is 0 Å². The van der Waals surface area contributed by atoms with E-state index in [0.717, 1.165) is 5.69 Å². The van der Waals surface area contributed by atoms with Crippen molar-refractivity contribution in [1.29, 1.82) is 0 Å². The standard InChI is InChI=1S/C15H17N3O3/c1-20-12-7-8-14(21-2)13(9-12)17-15(19)10-3-5-11(18-16)6-4-10/h3-9,18H,16H2,1-2H3,(H,17,19). The summed E-state index contributed by atoms with van der Waals surface area (Å²) >= 11 is 0. The molecule has 0 unspecified atom stereocenters. The first kappa shape index (κ1) is 14.7. The molecule has 0 aliphatic heterocycles. The van der Waals surface area contributed by atoms with Crippen LogP contribution in [0.25, 0.3) is 0 Å². The number of hydrogen-bond donors (Lipinski definition) is 3. The summed E-state index contributed by atoms with van der Waals surface area (Å²) < 4.78 is 10.4. The van der Waals surface area contributed by atoms with Crippen molar-refractivity contribution in [1.82, 2.24) is 0 Å². The summed E-state index contributed by atoms with van der Waals surface area (Å²) in [4.78, 5) is 12.2. The molecule has 110 valence electrons. The van der Waals surface area contributed by atoms with Gasteiger partial charge in [-0.3, -0.25) is 10.6 Å². The quantitative estimate of drug-likeness (QED) is 0.580. The van der Waals surface area contributed by atoms with Crippen LogP contribution in [0, 0.1) is 0 Å². The van der Waals surface area contributed by atoms with E-state index in [0.29, 0.717) is 22.7 Å². The Morgan fingerprint density at radius 2 is 1.76 bits per heavy atom. The van der Waals surface area contributed by atoms with Gasteiger partial charge in [0.15, 0.2) is 0 Å². The minimum Gasteiger partial charge on any atom is -0.497 e. The third kappa shape index (κ3) is 3.43. The monoisotopic (exact) mass is 287 g/mol. The summed E-state index contributed by atoms with van der Waals surface area (Å²) in [6.45, 7) is 0. The molecule has 1 amide bonds. The Morgan fingerprint density at radius 3 is 2.33 bits per heavy atom. The lowest BCUT2D eigenvalue weighted by Gasteiger charge is -2.12. The smallest absolute Gasteiger partial charge is 0.255 e. The van der Waals surface area contributed by atoms with Crippen LogP contribution in [0.5, 0.6) is 11.5 Å². The number of methoxy groups -OCH3 is 2. The first-order valence-corrected chi connectivity index (χ1v) is 6.28. The summed E-state index contributed by atoms with van der Waals surface area (Å²) in [5.41, 5.74) is 4.29. The Bertz CT molecular complexity index is 627. The molecule has 0 saturated heterocycles. The molecule has 0 aliphatic rings. The fourth-order valence-corrected chi connectivity index (χ4v) is 1.82. The van der Waals surface area contributed by atoms with E-state index < -0.39 is 0 Å². The highest BCUT2D eigenvalue weighted by Crippen LogP contribution is 2.29. The molecule has 0 heterocycles. The maximum atomic E-state index is 12.2. The SMILES string of the molecule is COc1ccc(OC)c(NC(=O)c2ccc(NN)cc2)c1. The van der Waals surface area contributed by atoms with E-state index >= 15 is 0 Å². The van der Waals surface area contributed by atoms with Crippen LogP contribution in [0.3, 0.4) is 0 Å². The first-order chi connectivity index (χ1) is 10.2. The molecular formula is C15H17N3O3. The Morgan fingerprint density at radius 1 is 1.05 bits per heavy atom. The van der Waals surface area contributed by atoms with Crippen LogP contribution in [-0.4, -0.2) is 20.1 Å². The van der Waals surface area contributed by atoms with E-state index in [4.69, 9.17) is 15.3 Å². The van der Waals surface area contributed by atoms with Crippen LogP contribution in [0.4, 0.5) is 11.4 Å². The van der Waals surface area contributed by atoms with Gasteiger partial charge < -0.3 is 20.2 Å². The molecule has 2 rings (SSSR count). The molecule has 0 bridgehead atoms. The molecule has 6 nitrogen and oxygen atoms in total. The predicted molar refractivity (Wildman–Crippen MR) is 81.8 cm³/mol. The van der Waals surface area contributed by atoms with Gasteiger partial charge in [0.1, 0.15) is 11.5 Å². The largest absolute Gasteiger partial charge is 0.497 e. The molecule has 21 heavy (non-hydrogen) atoms. The van der Waals surface area contributed by atoms with Crippen molar-refractivity contribution in [3.8, 4) is 11.5 Å². The Hall–Kier alpha value is -2.73. The van der Waals surface area contributed by atoms with Crippen LogP contribution in [0.1, 0.15) is 10.4 Å². The van der Waals surface area contributed by atoms with Gasteiger partial charge in [0, 0.05) is 17.3 Å². The number of nitrogens with two attached hydrogens (primary N) is 1. The summed E-state index contributed by atoms with van der Waals surface area (Å²) in [7, 11) is 3.10. The van der Waals surface area contributed by atoms with Crippen LogP contribution in [0.15, 0.2) is 42.5 Å². The van der Waals surface area contributed by atoms with Crippen LogP contribution >= 0.6 is 0 Å². The fraction of sp³-hybridized carbons (Fsp3) is 0.133. The second-order valence-corrected chi connectivity index (χ2v) is 4.24. The second kappa shape index (κ2) is 6.62. The molecule has 0 fully saturated rings. The molecule has 0 aromatic heterocycles.